The molecule has 4 aromatic carbocycles. The molecule has 0 saturated carbocycles. The number of rotatable bonds is 6. The first-order chi connectivity index (χ1) is 19.5. The number of benzene rings is 4. The fourth-order valence-corrected chi connectivity index (χ4v) is 3.90. The second-order valence-electron chi connectivity index (χ2n) is 8.00. The number of hydrogen-bond donors (Lipinski definition) is 8. The largest absolute Gasteiger partial charge is 1.00 e. The second kappa shape index (κ2) is 13.9. The van der Waals surface area contributed by atoms with Gasteiger partial charge in [-0.1, -0.05) is 0 Å². The molecule has 0 saturated heterocycles. The topological polar surface area (TPSA) is 280 Å². The van der Waals surface area contributed by atoms with Gasteiger partial charge in [0, 0.05) is 29.5 Å². The third-order valence-electron chi connectivity index (χ3n) is 4.94. The van der Waals surface area contributed by atoms with Gasteiger partial charge in [0.25, 0.3) is 20.2 Å². The Kier molecular flexibility index (Phi) is 11.2. The van der Waals surface area contributed by atoms with Gasteiger partial charge in [0.1, 0.15) is 57.2 Å². The molecule has 0 radical (unpaired) electrons. The molecule has 8 N–H and O–H groups in total. The van der Waals surface area contributed by atoms with Crippen LogP contribution >= 0.6 is 0 Å². The number of aromatic hydroxyl groups is 6. The first-order valence-electron chi connectivity index (χ1n) is 11.0. The van der Waals surface area contributed by atoms with Gasteiger partial charge in [-0.2, -0.15) is 16.8 Å². The maximum atomic E-state index is 11.0. The summed E-state index contributed by atoms with van der Waals surface area (Å²) in [7, 11) is -8.87. The molecule has 43 heavy (non-hydrogen) atoms. The summed E-state index contributed by atoms with van der Waals surface area (Å²) in [6.07, 6.45) is 0. The molecule has 4 rings (SSSR count). The SMILES string of the molecule is O=S(=O)(O)c1ccc(O)c(N=Nc2ccc(O)cc2O)c1.O=S(=O)(O)c1ccc(O)c(N=Nc2ccc(O)cc2O)c1.[Cr].[H+].[H+].[H+]. The van der Waals surface area contributed by atoms with Gasteiger partial charge in [0.15, 0.2) is 0 Å². The van der Waals surface area contributed by atoms with Crippen LogP contribution in [0.4, 0.5) is 22.7 Å². The zero-order valence-electron chi connectivity index (χ0n) is 24.2. The van der Waals surface area contributed by atoms with Crippen LogP contribution in [-0.2, 0) is 37.6 Å². The summed E-state index contributed by atoms with van der Waals surface area (Å²) in [5.74, 6) is -1.73. The predicted octanol–water partition coefficient (Wildman–Crippen LogP) is 5.27. The van der Waals surface area contributed by atoms with Crippen LogP contribution in [0.2, 0.25) is 0 Å². The monoisotopic (exact) mass is 675 g/mol. The van der Waals surface area contributed by atoms with Crippen molar-refractivity contribution < 1.29 is 78.2 Å². The van der Waals surface area contributed by atoms with Crippen LogP contribution in [0.5, 0.6) is 34.5 Å². The summed E-state index contributed by atoms with van der Waals surface area (Å²) in [5, 5.41) is 70.8. The summed E-state index contributed by atoms with van der Waals surface area (Å²) in [4.78, 5) is -0.909. The third-order valence-corrected chi connectivity index (χ3v) is 6.64. The van der Waals surface area contributed by atoms with E-state index in [9.17, 15) is 37.3 Å². The van der Waals surface area contributed by atoms with Crippen LogP contribution in [0.15, 0.2) is 103 Å². The fourth-order valence-electron chi connectivity index (χ4n) is 2.90. The molecular formula is C24H23CrN4O12S2+3. The van der Waals surface area contributed by atoms with Crippen molar-refractivity contribution in [2.45, 2.75) is 9.79 Å². The molecule has 4 aromatic rings. The molecule has 0 aliphatic heterocycles. The van der Waals surface area contributed by atoms with E-state index in [1.807, 2.05) is 0 Å². The zero-order chi connectivity index (χ0) is 31.2. The van der Waals surface area contributed by atoms with E-state index in [0.717, 1.165) is 48.5 Å². The van der Waals surface area contributed by atoms with Crippen molar-refractivity contribution in [2.24, 2.45) is 20.5 Å². The van der Waals surface area contributed by atoms with Gasteiger partial charge >= 0.3 is 4.28 Å². The Morgan fingerprint density at radius 3 is 1.07 bits per heavy atom. The molecule has 0 bridgehead atoms. The Morgan fingerprint density at radius 1 is 0.442 bits per heavy atom. The van der Waals surface area contributed by atoms with Crippen LogP contribution < -0.4 is 0 Å². The Labute approximate surface area is 258 Å². The van der Waals surface area contributed by atoms with Gasteiger partial charge < -0.3 is 30.6 Å². The molecule has 0 amide bonds. The third kappa shape index (κ3) is 9.64. The summed E-state index contributed by atoms with van der Waals surface area (Å²) in [6, 6.07) is 13.1. The van der Waals surface area contributed by atoms with Gasteiger partial charge in [-0.25, -0.2) is 0 Å². The van der Waals surface area contributed by atoms with Crippen molar-refractivity contribution in [3.63, 3.8) is 0 Å². The number of phenolic OH excluding ortho intramolecular Hbond substituents is 6. The predicted molar refractivity (Wildman–Crippen MR) is 147 cm³/mol. The van der Waals surface area contributed by atoms with Crippen molar-refractivity contribution in [3.05, 3.63) is 72.8 Å². The molecule has 0 unspecified atom stereocenters. The molecule has 226 valence electrons. The first-order valence-corrected chi connectivity index (χ1v) is 13.9. The molecule has 0 heterocycles. The number of hydrogen-bond acceptors (Lipinski definition) is 14. The summed E-state index contributed by atoms with van der Waals surface area (Å²) in [6.45, 7) is 0. The molecule has 0 spiro atoms. The maximum Gasteiger partial charge on any atom is 1.00 e. The van der Waals surface area contributed by atoms with Crippen LogP contribution in [-0.4, -0.2) is 56.6 Å². The van der Waals surface area contributed by atoms with Gasteiger partial charge in [-0.15, -0.1) is 20.5 Å². The van der Waals surface area contributed by atoms with Crippen LogP contribution in [0.25, 0.3) is 0 Å². The maximum absolute atomic E-state index is 11.0. The molecule has 0 aliphatic carbocycles. The minimum Gasteiger partial charge on any atom is -0.508 e. The summed E-state index contributed by atoms with van der Waals surface area (Å²) < 4.78 is 61.8. The van der Waals surface area contributed by atoms with E-state index in [1.54, 1.807) is 0 Å². The van der Waals surface area contributed by atoms with Crippen molar-refractivity contribution in [1.29, 1.82) is 0 Å². The van der Waals surface area contributed by atoms with Crippen LogP contribution in [0, 0.1) is 0 Å². The van der Waals surface area contributed by atoms with E-state index in [4.69, 9.17) is 19.3 Å². The molecule has 0 aliphatic rings. The normalized spacial score (nSPS) is 11.6. The quantitative estimate of drug-likeness (QED) is 0.0959. The standard InChI is InChI=1S/2C12H10N2O6S.Cr/c2*15-7-1-3-9(12(17)5-7)13-14-10-6-8(21(18,19)20)2-4-11(10)16;/h2*1-6,15-17H,(H,18,19,20);/p+3. The van der Waals surface area contributed by atoms with Crippen molar-refractivity contribution in [1.82, 2.24) is 0 Å². The minimum absolute atomic E-state index is 0. The average molecular weight is 676 g/mol. The Balaban J connectivity index is 0. The van der Waals surface area contributed by atoms with Crippen LogP contribution in [0.3, 0.4) is 0 Å². The number of azo groups is 2. The smallest absolute Gasteiger partial charge is 0.508 e. The van der Waals surface area contributed by atoms with E-state index in [1.165, 1.54) is 24.3 Å². The molecule has 16 nitrogen and oxygen atoms in total. The van der Waals surface area contributed by atoms with Gasteiger partial charge in [-0.3, -0.25) is 9.11 Å². The number of phenols is 6. The van der Waals surface area contributed by atoms with Gasteiger partial charge in [0.05, 0.1) is 9.79 Å². The molecule has 0 aromatic heterocycles. The van der Waals surface area contributed by atoms with E-state index in [2.05, 4.69) is 20.5 Å². The van der Waals surface area contributed by atoms with Crippen molar-refractivity contribution in [3.8, 4) is 34.5 Å². The molecular weight excluding hydrogens is 652 g/mol. The molecule has 0 atom stereocenters. The number of nitrogens with zero attached hydrogens (tertiary/aromatic N) is 4. The van der Waals surface area contributed by atoms with E-state index >= 15 is 0 Å². The zero-order valence-corrected chi connectivity index (χ0v) is 24.1. The Hall–Kier alpha value is -4.77. The van der Waals surface area contributed by atoms with E-state index in [-0.39, 0.29) is 78.9 Å². The van der Waals surface area contributed by atoms with Gasteiger partial charge in [-0.05, 0) is 60.7 Å². The van der Waals surface area contributed by atoms with E-state index < -0.39 is 30.0 Å². The Bertz CT molecular complexity index is 1790. The summed E-state index contributed by atoms with van der Waals surface area (Å²) in [5.41, 5.74) is -0.413. The molecule has 0 fully saturated rings. The second-order valence-corrected chi connectivity index (χ2v) is 10.8. The first kappa shape index (κ1) is 34.4. The van der Waals surface area contributed by atoms with Gasteiger partial charge in [0.2, 0.25) is 0 Å². The fraction of sp³-hybridized carbons (Fsp3) is 0. The summed E-state index contributed by atoms with van der Waals surface area (Å²) >= 11 is 0. The minimum atomic E-state index is -4.43. The van der Waals surface area contributed by atoms with Crippen LogP contribution in [0.1, 0.15) is 4.28 Å². The average Bonchev–Trinajstić information content (AvgIpc) is 2.88. The van der Waals surface area contributed by atoms with Crippen molar-refractivity contribution >= 4 is 43.0 Å². The molecule has 19 heteroatoms. The van der Waals surface area contributed by atoms with Crippen molar-refractivity contribution in [2.75, 3.05) is 0 Å². The Morgan fingerprint density at radius 2 is 0.767 bits per heavy atom. The van der Waals surface area contributed by atoms with E-state index in [0.29, 0.717) is 0 Å².